The third-order valence-corrected chi connectivity index (χ3v) is 7.30. The quantitative estimate of drug-likeness (QED) is 0.422. The molecule has 4 bridgehead atoms. The number of carbonyl (C=O) groups excluding carboxylic acids is 1. The topological polar surface area (TPSA) is 110 Å². The second-order valence-corrected chi connectivity index (χ2v) is 10.2. The lowest BCUT2D eigenvalue weighted by Crippen LogP contribution is -2.32. The second kappa shape index (κ2) is 9.43. The molecule has 0 radical (unpaired) electrons. The van der Waals surface area contributed by atoms with Gasteiger partial charge in [-0.25, -0.2) is 18.1 Å². The summed E-state index contributed by atoms with van der Waals surface area (Å²) in [5.74, 6) is -0.357. The fourth-order valence-electron chi connectivity index (χ4n) is 4.19. The molecule has 0 fully saturated rings. The first-order chi connectivity index (χ1) is 17.3. The first-order valence-electron chi connectivity index (χ1n) is 11.4. The number of anilines is 1. The fourth-order valence-corrected chi connectivity index (χ4v) is 5.18. The zero-order chi connectivity index (χ0) is 25.3. The van der Waals surface area contributed by atoms with Crippen LogP contribution in [-0.2, 0) is 10.0 Å². The van der Waals surface area contributed by atoms with Crippen LogP contribution in [0.2, 0.25) is 0 Å². The predicted octanol–water partition coefficient (Wildman–Crippen LogP) is 4.42. The first kappa shape index (κ1) is 23.5. The number of aromatic nitrogens is 2. The van der Waals surface area contributed by atoms with Gasteiger partial charge in [0.1, 0.15) is 6.61 Å². The largest absolute Gasteiger partial charge is 0.475 e. The van der Waals surface area contributed by atoms with Crippen molar-refractivity contribution in [2.24, 2.45) is 0 Å². The average molecular weight is 501 g/mol. The minimum absolute atomic E-state index is 0.0742. The highest BCUT2D eigenvalue weighted by Crippen LogP contribution is 2.30. The Morgan fingerprint density at radius 2 is 1.61 bits per heavy atom. The molecule has 0 unspecified atom stereocenters. The van der Waals surface area contributed by atoms with Crippen molar-refractivity contribution in [1.82, 2.24) is 15.3 Å². The minimum atomic E-state index is -4.08. The molecule has 0 saturated carbocycles. The number of fused-ring (bicyclic) bond motifs is 4. The lowest BCUT2D eigenvalue weighted by Gasteiger charge is -2.20. The van der Waals surface area contributed by atoms with Gasteiger partial charge in [-0.05, 0) is 48.7 Å². The molecule has 1 aromatic heterocycles. The number of hydrogen-bond acceptors (Lipinski definition) is 6. The van der Waals surface area contributed by atoms with Crippen LogP contribution in [0.5, 0.6) is 5.88 Å². The van der Waals surface area contributed by atoms with Crippen LogP contribution >= 0.6 is 0 Å². The highest BCUT2D eigenvalue weighted by Gasteiger charge is 2.23. The monoisotopic (exact) mass is 500 g/mol. The predicted molar refractivity (Wildman–Crippen MR) is 136 cm³/mol. The molecule has 1 amide bonds. The van der Waals surface area contributed by atoms with E-state index in [1.54, 1.807) is 12.1 Å². The van der Waals surface area contributed by atoms with E-state index in [0.29, 0.717) is 5.69 Å². The molecule has 182 valence electrons. The van der Waals surface area contributed by atoms with Crippen molar-refractivity contribution in [1.29, 1.82) is 0 Å². The zero-order valence-corrected chi connectivity index (χ0v) is 20.5. The van der Waals surface area contributed by atoms with E-state index in [1.165, 1.54) is 18.2 Å². The molecule has 0 aliphatic carbocycles. The Labute approximate surface area is 209 Å². The third kappa shape index (κ3) is 4.78. The van der Waals surface area contributed by atoms with E-state index in [0.717, 1.165) is 22.3 Å². The summed E-state index contributed by atoms with van der Waals surface area (Å²) in [6.07, 6.45) is 0. The van der Waals surface area contributed by atoms with E-state index in [4.69, 9.17) is 4.74 Å². The van der Waals surface area contributed by atoms with Crippen molar-refractivity contribution < 1.29 is 17.9 Å². The number of ether oxygens (including phenoxy) is 1. The van der Waals surface area contributed by atoms with Crippen LogP contribution in [0.4, 0.5) is 5.95 Å². The minimum Gasteiger partial charge on any atom is -0.475 e. The SMILES string of the molecule is Cc1cccc(C)c1-c1cc2nc(n1)NS(=O)(=O)c1cccc(c1)C(=O)N[C@@H](c1ccccc1)CO2. The maximum absolute atomic E-state index is 13.2. The van der Waals surface area contributed by atoms with Gasteiger partial charge in [0.15, 0.2) is 0 Å². The third-order valence-electron chi connectivity index (χ3n) is 5.98. The van der Waals surface area contributed by atoms with Crippen molar-refractivity contribution in [3.8, 4) is 17.1 Å². The normalized spacial score (nSPS) is 16.8. The molecule has 0 spiro atoms. The maximum atomic E-state index is 13.2. The molecule has 4 aromatic rings. The number of amides is 1. The molecule has 1 atom stereocenters. The van der Waals surface area contributed by atoms with Gasteiger partial charge in [-0.2, -0.15) is 4.98 Å². The van der Waals surface area contributed by atoms with Crippen LogP contribution in [0.25, 0.3) is 11.3 Å². The molecule has 0 saturated heterocycles. The highest BCUT2D eigenvalue weighted by atomic mass is 32.2. The highest BCUT2D eigenvalue weighted by molar-refractivity contribution is 7.92. The number of carbonyl (C=O) groups is 1. The zero-order valence-electron chi connectivity index (χ0n) is 19.7. The summed E-state index contributed by atoms with van der Waals surface area (Å²) in [6, 6.07) is 22.3. The number of hydrogen-bond donors (Lipinski definition) is 2. The molecule has 3 aromatic carbocycles. The Morgan fingerprint density at radius 1 is 0.889 bits per heavy atom. The van der Waals surface area contributed by atoms with Crippen LogP contribution < -0.4 is 14.8 Å². The van der Waals surface area contributed by atoms with E-state index >= 15 is 0 Å². The number of sulfonamides is 1. The molecule has 36 heavy (non-hydrogen) atoms. The maximum Gasteiger partial charge on any atom is 0.264 e. The van der Waals surface area contributed by atoms with Crippen molar-refractivity contribution in [2.75, 3.05) is 11.3 Å². The molecule has 1 aliphatic heterocycles. The summed E-state index contributed by atoms with van der Waals surface area (Å²) in [5, 5.41) is 2.96. The van der Waals surface area contributed by atoms with Gasteiger partial charge in [-0.1, -0.05) is 54.6 Å². The van der Waals surface area contributed by atoms with Crippen LogP contribution in [0.1, 0.15) is 33.1 Å². The Bertz CT molecular complexity index is 1540. The van der Waals surface area contributed by atoms with E-state index in [-0.39, 0.29) is 28.9 Å². The lowest BCUT2D eigenvalue weighted by molar-refractivity contribution is 0.0920. The van der Waals surface area contributed by atoms with E-state index < -0.39 is 22.0 Å². The molecule has 2 heterocycles. The summed E-state index contributed by atoms with van der Waals surface area (Å²) in [7, 11) is -4.08. The molecule has 2 N–H and O–H groups in total. The second-order valence-electron chi connectivity index (χ2n) is 8.56. The van der Waals surface area contributed by atoms with Gasteiger partial charge < -0.3 is 10.1 Å². The Kier molecular flexibility index (Phi) is 6.15. The molecular formula is C27H24N4O4S. The summed E-state index contributed by atoms with van der Waals surface area (Å²) >= 11 is 0. The lowest BCUT2D eigenvalue weighted by atomic mass is 10.00. The van der Waals surface area contributed by atoms with E-state index in [9.17, 15) is 13.2 Å². The number of rotatable bonds is 2. The summed E-state index contributed by atoms with van der Waals surface area (Å²) in [5.41, 5.74) is 4.40. The summed E-state index contributed by atoms with van der Waals surface area (Å²) < 4.78 is 34.9. The van der Waals surface area contributed by atoms with Crippen molar-refractivity contribution in [2.45, 2.75) is 24.8 Å². The molecule has 9 heteroatoms. The number of benzene rings is 3. The van der Waals surface area contributed by atoms with Gasteiger partial charge in [0.2, 0.25) is 11.8 Å². The van der Waals surface area contributed by atoms with Crippen molar-refractivity contribution in [3.05, 3.63) is 101 Å². The molecule has 5 rings (SSSR count). The van der Waals surface area contributed by atoms with Crippen molar-refractivity contribution in [3.63, 3.8) is 0 Å². The average Bonchev–Trinajstić information content (AvgIpc) is 2.86. The summed E-state index contributed by atoms with van der Waals surface area (Å²) in [4.78, 5) is 21.8. The molecule has 8 nitrogen and oxygen atoms in total. The molecule has 1 aliphatic rings. The Morgan fingerprint density at radius 3 is 2.36 bits per heavy atom. The Balaban J connectivity index is 1.66. The number of nitrogens with one attached hydrogen (secondary N) is 2. The van der Waals surface area contributed by atoms with Gasteiger partial charge >= 0.3 is 0 Å². The molecular weight excluding hydrogens is 476 g/mol. The van der Waals surface area contributed by atoms with Crippen molar-refractivity contribution >= 4 is 21.9 Å². The van der Waals surface area contributed by atoms with Crippen LogP contribution in [-0.4, -0.2) is 30.9 Å². The van der Waals surface area contributed by atoms with Gasteiger partial charge in [0.25, 0.3) is 15.9 Å². The van der Waals surface area contributed by atoms with Gasteiger partial charge in [-0.3, -0.25) is 4.79 Å². The number of aryl methyl sites for hydroxylation is 2. The van der Waals surface area contributed by atoms with Crippen LogP contribution in [0.3, 0.4) is 0 Å². The van der Waals surface area contributed by atoms with E-state index in [1.807, 2.05) is 62.4 Å². The smallest absolute Gasteiger partial charge is 0.264 e. The fraction of sp³-hybridized carbons (Fsp3) is 0.148. The summed E-state index contributed by atoms with van der Waals surface area (Å²) in [6.45, 7) is 4.00. The van der Waals surface area contributed by atoms with Crippen LogP contribution in [0, 0.1) is 13.8 Å². The Hall–Kier alpha value is -4.24. The number of nitrogens with zero attached hydrogens (tertiary/aromatic N) is 2. The standard InChI is InChI=1S/C27H24N4O4S/c1-17-8-6-9-18(2)25(17)22-15-24-30-27(29-22)31-36(33,34)21-13-7-12-20(14-21)26(32)28-23(16-35-24)19-10-4-3-5-11-19/h3-15,23H,16H2,1-2H3,(H,28,32)(H,29,30,31)/t23-/m1/s1. The first-order valence-corrected chi connectivity index (χ1v) is 12.9. The van der Waals surface area contributed by atoms with Gasteiger partial charge in [-0.15, -0.1) is 0 Å². The van der Waals surface area contributed by atoms with Gasteiger partial charge in [0.05, 0.1) is 16.6 Å². The van der Waals surface area contributed by atoms with E-state index in [2.05, 4.69) is 20.0 Å². The van der Waals surface area contributed by atoms with Gasteiger partial charge in [0, 0.05) is 17.2 Å². The van der Waals surface area contributed by atoms with Crippen LogP contribution in [0.15, 0.2) is 83.8 Å².